The van der Waals surface area contributed by atoms with Gasteiger partial charge in [-0.05, 0) is 38.0 Å². The summed E-state index contributed by atoms with van der Waals surface area (Å²) >= 11 is 0. The minimum atomic E-state index is -0.162. The highest BCUT2D eigenvalue weighted by Crippen LogP contribution is 2.17. The number of nitrogens with one attached hydrogen (secondary N) is 2. The van der Waals surface area contributed by atoms with Gasteiger partial charge in [0, 0.05) is 6.54 Å². The first-order valence-corrected chi connectivity index (χ1v) is 5.58. The minimum Gasteiger partial charge on any atom is -0.378 e. The number of hydrogen-bond acceptors (Lipinski definition) is 2. The highest BCUT2D eigenvalue weighted by atomic mass is 19.1. The molecule has 0 aliphatic carbocycles. The molecule has 2 rings (SSSR count). The second-order valence-electron chi connectivity index (χ2n) is 4.25. The maximum absolute atomic E-state index is 13.4. The molecule has 1 heterocycles. The summed E-state index contributed by atoms with van der Waals surface area (Å²) in [5, 5.41) is 10.3. The average Bonchev–Trinajstić information content (AvgIpc) is 2.61. The Bertz CT molecular complexity index is 512. The number of benzene rings is 1. The van der Waals surface area contributed by atoms with Gasteiger partial charge in [0.2, 0.25) is 0 Å². The van der Waals surface area contributed by atoms with Gasteiger partial charge >= 0.3 is 0 Å². The Kier molecular flexibility index (Phi) is 3.13. The normalized spacial score (nSPS) is 10.6. The van der Waals surface area contributed by atoms with E-state index in [0.29, 0.717) is 12.1 Å². The van der Waals surface area contributed by atoms with E-state index in [1.165, 1.54) is 0 Å². The Balaban J connectivity index is 2.10. The summed E-state index contributed by atoms with van der Waals surface area (Å²) in [6.45, 7) is 6.24. The SMILES string of the molecule is Cc1ccc(CNc2c(C)n[nH]c2C)cc1F. The van der Waals surface area contributed by atoms with E-state index in [9.17, 15) is 4.39 Å². The quantitative estimate of drug-likeness (QED) is 0.855. The average molecular weight is 233 g/mol. The molecule has 4 heteroatoms. The molecule has 0 bridgehead atoms. The van der Waals surface area contributed by atoms with Crippen molar-refractivity contribution in [2.24, 2.45) is 0 Å². The molecule has 0 aliphatic heterocycles. The summed E-state index contributed by atoms with van der Waals surface area (Å²) < 4.78 is 13.4. The van der Waals surface area contributed by atoms with Crippen LogP contribution in [0, 0.1) is 26.6 Å². The Labute approximate surface area is 100 Å². The zero-order chi connectivity index (χ0) is 12.4. The van der Waals surface area contributed by atoms with Crippen LogP contribution in [0.1, 0.15) is 22.5 Å². The van der Waals surface area contributed by atoms with Gasteiger partial charge in [0.15, 0.2) is 0 Å². The first kappa shape index (κ1) is 11.6. The molecule has 3 nitrogen and oxygen atoms in total. The molecule has 1 aromatic carbocycles. The van der Waals surface area contributed by atoms with Crippen molar-refractivity contribution in [1.82, 2.24) is 10.2 Å². The summed E-state index contributed by atoms with van der Waals surface area (Å²) in [6, 6.07) is 5.28. The fraction of sp³-hybridized carbons (Fsp3) is 0.308. The van der Waals surface area contributed by atoms with Crippen LogP contribution in [0.25, 0.3) is 0 Å². The van der Waals surface area contributed by atoms with Crippen LogP contribution in [0.15, 0.2) is 18.2 Å². The molecular formula is C13H16FN3. The van der Waals surface area contributed by atoms with E-state index in [1.54, 1.807) is 19.1 Å². The molecule has 0 aliphatic rings. The largest absolute Gasteiger partial charge is 0.378 e. The van der Waals surface area contributed by atoms with Crippen molar-refractivity contribution in [3.05, 3.63) is 46.5 Å². The smallest absolute Gasteiger partial charge is 0.126 e. The van der Waals surface area contributed by atoms with Gasteiger partial charge in [-0.2, -0.15) is 5.10 Å². The van der Waals surface area contributed by atoms with Crippen LogP contribution in [-0.4, -0.2) is 10.2 Å². The second-order valence-corrected chi connectivity index (χ2v) is 4.25. The molecular weight excluding hydrogens is 217 g/mol. The zero-order valence-electron chi connectivity index (χ0n) is 10.3. The van der Waals surface area contributed by atoms with Gasteiger partial charge in [-0.1, -0.05) is 12.1 Å². The van der Waals surface area contributed by atoms with Crippen molar-refractivity contribution >= 4 is 5.69 Å². The molecule has 0 atom stereocenters. The number of aryl methyl sites for hydroxylation is 3. The third kappa shape index (κ3) is 2.46. The molecule has 0 unspecified atom stereocenters. The van der Waals surface area contributed by atoms with Crippen LogP contribution in [0.3, 0.4) is 0 Å². The molecule has 0 radical (unpaired) electrons. The van der Waals surface area contributed by atoms with Gasteiger partial charge in [0.05, 0.1) is 17.1 Å². The van der Waals surface area contributed by atoms with Gasteiger partial charge < -0.3 is 5.32 Å². The summed E-state index contributed by atoms with van der Waals surface area (Å²) in [6.07, 6.45) is 0. The second kappa shape index (κ2) is 4.57. The molecule has 2 aromatic rings. The predicted octanol–water partition coefficient (Wildman–Crippen LogP) is 3.09. The van der Waals surface area contributed by atoms with Crippen LogP contribution in [0.5, 0.6) is 0 Å². The monoisotopic (exact) mass is 233 g/mol. The topological polar surface area (TPSA) is 40.7 Å². The highest BCUT2D eigenvalue weighted by Gasteiger charge is 2.06. The Hall–Kier alpha value is -1.84. The number of rotatable bonds is 3. The summed E-state index contributed by atoms with van der Waals surface area (Å²) in [5.74, 6) is -0.162. The van der Waals surface area contributed by atoms with Crippen molar-refractivity contribution in [3.63, 3.8) is 0 Å². The number of anilines is 1. The summed E-state index contributed by atoms with van der Waals surface area (Å²) in [5.41, 5.74) is 4.51. The molecule has 0 spiro atoms. The standard InChI is InChI=1S/C13H16FN3/c1-8-4-5-11(6-12(8)14)7-15-13-9(2)16-17-10(13)3/h4-6,15H,7H2,1-3H3,(H,16,17). The lowest BCUT2D eigenvalue weighted by atomic mass is 10.1. The van der Waals surface area contributed by atoms with Gasteiger partial charge in [0.25, 0.3) is 0 Å². The molecule has 0 saturated heterocycles. The number of H-pyrrole nitrogens is 1. The van der Waals surface area contributed by atoms with Crippen LogP contribution < -0.4 is 5.32 Å². The molecule has 17 heavy (non-hydrogen) atoms. The number of aromatic amines is 1. The van der Waals surface area contributed by atoms with Gasteiger partial charge in [0.1, 0.15) is 5.82 Å². The van der Waals surface area contributed by atoms with Crippen LogP contribution in [0.2, 0.25) is 0 Å². The fourth-order valence-corrected chi connectivity index (χ4v) is 1.75. The molecule has 90 valence electrons. The van der Waals surface area contributed by atoms with Gasteiger partial charge in [-0.3, -0.25) is 5.10 Å². The highest BCUT2D eigenvalue weighted by molar-refractivity contribution is 5.51. The Morgan fingerprint density at radius 2 is 2.06 bits per heavy atom. The Morgan fingerprint density at radius 3 is 2.65 bits per heavy atom. The molecule has 0 saturated carbocycles. The molecule has 0 fully saturated rings. The molecule has 2 N–H and O–H groups in total. The van der Waals surface area contributed by atoms with Crippen molar-refractivity contribution < 1.29 is 4.39 Å². The first-order chi connectivity index (χ1) is 8.08. The van der Waals surface area contributed by atoms with E-state index in [1.807, 2.05) is 19.9 Å². The lowest BCUT2D eigenvalue weighted by Gasteiger charge is -2.07. The van der Waals surface area contributed by atoms with E-state index in [-0.39, 0.29) is 5.82 Å². The Morgan fingerprint density at radius 1 is 1.29 bits per heavy atom. The predicted molar refractivity (Wildman–Crippen MR) is 66.5 cm³/mol. The lowest BCUT2D eigenvalue weighted by molar-refractivity contribution is 0.616. The maximum Gasteiger partial charge on any atom is 0.126 e. The number of hydrogen-bond donors (Lipinski definition) is 2. The number of halogens is 1. The summed E-state index contributed by atoms with van der Waals surface area (Å²) in [4.78, 5) is 0. The van der Waals surface area contributed by atoms with Crippen molar-refractivity contribution in [2.75, 3.05) is 5.32 Å². The minimum absolute atomic E-state index is 0.162. The maximum atomic E-state index is 13.4. The van der Waals surface area contributed by atoms with E-state index in [4.69, 9.17) is 0 Å². The third-order valence-electron chi connectivity index (χ3n) is 2.83. The summed E-state index contributed by atoms with van der Waals surface area (Å²) in [7, 11) is 0. The molecule has 0 amide bonds. The van der Waals surface area contributed by atoms with Crippen molar-refractivity contribution in [1.29, 1.82) is 0 Å². The van der Waals surface area contributed by atoms with Crippen molar-refractivity contribution in [3.8, 4) is 0 Å². The van der Waals surface area contributed by atoms with Crippen LogP contribution in [0.4, 0.5) is 10.1 Å². The van der Waals surface area contributed by atoms with Crippen LogP contribution in [-0.2, 0) is 6.54 Å². The molecule has 1 aromatic heterocycles. The van der Waals surface area contributed by atoms with E-state index < -0.39 is 0 Å². The van der Waals surface area contributed by atoms with Crippen LogP contribution >= 0.6 is 0 Å². The fourth-order valence-electron chi connectivity index (χ4n) is 1.75. The van der Waals surface area contributed by atoms with Crippen molar-refractivity contribution in [2.45, 2.75) is 27.3 Å². The van der Waals surface area contributed by atoms with Gasteiger partial charge in [-0.15, -0.1) is 0 Å². The zero-order valence-corrected chi connectivity index (χ0v) is 10.3. The number of nitrogens with zero attached hydrogens (tertiary/aromatic N) is 1. The number of aromatic nitrogens is 2. The first-order valence-electron chi connectivity index (χ1n) is 5.58. The lowest BCUT2D eigenvalue weighted by Crippen LogP contribution is -2.01. The third-order valence-corrected chi connectivity index (χ3v) is 2.83. The van der Waals surface area contributed by atoms with E-state index in [2.05, 4.69) is 15.5 Å². The van der Waals surface area contributed by atoms with E-state index >= 15 is 0 Å². The van der Waals surface area contributed by atoms with Gasteiger partial charge in [-0.25, -0.2) is 4.39 Å². The van der Waals surface area contributed by atoms with E-state index in [0.717, 1.165) is 22.6 Å².